The third kappa shape index (κ3) is 3.02. The van der Waals surface area contributed by atoms with Gasteiger partial charge in [-0.1, -0.05) is 72.8 Å². The molecule has 0 aliphatic heterocycles. The zero-order valence-corrected chi connectivity index (χ0v) is 12.7. The third-order valence-electron chi connectivity index (χ3n) is 4.10. The summed E-state index contributed by atoms with van der Waals surface area (Å²) in [5.74, 6) is -0.197. The first-order valence-electron chi connectivity index (χ1n) is 7.62. The Labute approximate surface area is 130 Å². The first kappa shape index (κ1) is 14.7. The van der Waals surface area contributed by atoms with E-state index in [1.165, 1.54) is 5.39 Å². The number of alkyl halides is 1. The monoisotopic (exact) mass is 293 g/mol. The summed E-state index contributed by atoms with van der Waals surface area (Å²) in [4.78, 5) is 0. The van der Waals surface area contributed by atoms with Crippen LogP contribution in [0.25, 0.3) is 10.8 Å². The van der Waals surface area contributed by atoms with Gasteiger partial charge in [0.15, 0.2) is 0 Å². The summed E-state index contributed by atoms with van der Waals surface area (Å²) >= 11 is 0. The van der Waals surface area contributed by atoms with Crippen molar-refractivity contribution in [1.82, 2.24) is 5.32 Å². The second-order valence-corrected chi connectivity index (χ2v) is 5.58. The lowest BCUT2D eigenvalue weighted by Gasteiger charge is -2.22. The fourth-order valence-electron chi connectivity index (χ4n) is 2.92. The summed E-state index contributed by atoms with van der Waals surface area (Å²) in [6.45, 7) is 0.606. The van der Waals surface area contributed by atoms with Gasteiger partial charge in [-0.05, 0) is 28.9 Å². The molecule has 112 valence electrons. The molecule has 0 heterocycles. The molecule has 1 N–H and O–H groups in total. The maximum Gasteiger partial charge on any atom is 0.133 e. The molecule has 0 aliphatic carbocycles. The minimum Gasteiger partial charge on any atom is -0.319 e. The van der Waals surface area contributed by atoms with Crippen molar-refractivity contribution in [3.8, 4) is 0 Å². The third-order valence-corrected chi connectivity index (χ3v) is 4.10. The quantitative estimate of drug-likeness (QED) is 0.709. The molecule has 22 heavy (non-hydrogen) atoms. The van der Waals surface area contributed by atoms with E-state index in [2.05, 4.69) is 29.6 Å². The van der Waals surface area contributed by atoms with Gasteiger partial charge in [-0.3, -0.25) is 0 Å². The second kappa shape index (κ2) is 6.71. The number of hydrogen-bond acceptors (Lipinski definition) is 1. The Bertz CT molecular complexity index is 739. The lowest BCUT2D eigenvalue weighted by molar-refractivity contribution is 0.284. The molecule has 3 rings (SSSR count). The van der Waals surface area contributed by atoms with Crippen LogP contribution in [0.1, 0.15) is 23.2 Å². The smallest absolute Gasteiger partial charge is 0.133 e. The first-order valence-corrected chi connectivity index (χ1v) is 7.62. The van der Waals surface area contributed by atoms with Gasteiger partial charge in [0.2, 0.25) is 0 Å². The Balaban J connectivity index is 1.98. The van der Waals surface area contributed by atoms with Crippen LogP contribution in [0, 0.1) is 0 Å². The first-order chi connectivity index (χ1) is 10.8. The van der Waals surface area contributed by atoms with Crippen LogP contribution in [0.5, 0.6) is 0 Å². The number of hydrogen-bond donors (Lipinski definition) is 1. The SMILES string of the molecule is CNCC(c1ccc2ccccc2c1)C(F)c1ccccc1. The molecule has 2 heteroatoms. The highest BCUT2D eigenvalue weighted by Gasteiger charge is 2.24. The zero-order chi connectivity index (χ0) is 15.4. The number of fused-ring (bicyclic) bond motifs is 1. The van der Waals surface area contributed by atoms with Crippen LogP contribution in [0.15, 0.2) is 72.8 Å². The lowest BCUT2D eigenvalue weighted by atomic mass is 9.89. The average molecular weight is 293 g/mol. The van der Waals surface area contributed by atoms with Crippen LogP contribution < -0.4 is 5.32 Å². The summed E-state index contributed by atoms with van der Waals surface area (Å²) < 4.78 is 15.0. The minimum absolute atomic E-state index is 0.197. The Hall–Kier alpha value is -2.19. The lowest BCUT2D eigenvalue weighted by Crippen LogP contribution is -2.21. The van der Waals surface area contributed by atoms with E-state index < -0.39 is 6.17 Å². The van der Waals surface area contributed by atoms with Gasteiger partial charge in [-0.15, -0.1) is 0 Å². The second-order valence-electron chi connectivity index (χ2n) is 5.58. The minimum atomic E-state index is -1.02. The van der Waals surface area contributed by atoms with E-state index in [1.807, 2.05) is 55.6 Å². The summed E-state index contributed by atoms with van der Waals surface area (Å²) in [6, 6.07) is 23.8. The van der Waals surface area contributed by atoms with Crippen LogP contribution in [-0.2, 0) is 0 Å². The summed E-state index contributed by atoms with van der Waals surface area (Å²) in [6.07, 6.45) is -1.02. The number of halogens is 1. The number of likely N-dealkylation sites (N-methyl/N-ethyl adjacent to an activating group) is 1. The topological polar surface area (TPSA) is 12.0 Å². The number of nitrogens with one attached hydrogen (secondary N) is 1. The number of benzene rings is 3. The molecule has 0 amide bonds. The average Bonchev–Trinajstić information content (AvgIpc) is 2.59. The Morgan fingerprint density at radius 3 is 2.23 bits per heavy atom. The van der Waals surface area contributed by atoms with E-state index >= 15 is 4.39 Å². The largest absolute Gasteiger partial charge is 0.319 e. The maximum atomic E-state index is 15.0. The van der Waals surface area contributed by atoms with Gasteiger partial charge < -0.3 is 5.32 Å². The van der Waals surface area contributed by atoms with Crippen molar-refractivity contribution in [3.63, 3.8) is 0 Å². The Morgan fingerprint density at radius 2 is 1.50 bits per heavy atom. The van der Waals surface area contributed by atoms with Crippen molar-refractivity contribution < 1.29 is 4.39 Å². The van der Waals surface area contributed by atoms with Gasteiger partial charge in [0, 0.05) is 12.5 Å². The number of rotatable bonds is 5. The van der Waals surface area contributed by atoms with Crippen molar-refractivity contribution in [2.45, 2.75) is 12.1 Å². The van der Waals surface area contributed by atoms with Gasteiger partial charge >= 0.3 is 0 Å². The van der Waals surface area contributed by atoms with E-state index in [4.69, 9.17) is 0 Å². The molecule has 0 aromatic heterocycles. The molecule has 0 aliphatic rings. The molecule has 0 spiro atoms. The van der Waals surface area contributed by atoms with Gasteiger partial charge in [-0.25, -0.2) is 4.39 Å². The summed E-state index contributed by atoms with van der Waals surface area (Å²) in [5, 5.41) is 5.46. The fourth-order valence-corrected chi connectivity index (χ4v) is 2.92. The Morgan fingerprint density at radius 1 is 0.818 bits per heavy atom. The molecule has 0 fully saturated rings. The molecule has 3 aromatic rings. The standard InChI is InChI=1S/C20H20FN/c1-22-14-19(20(21)16-8-3-2-4-9-16)18-12-11-15-7-5-6-10-17(15)13-18/h2-13,19-20,22H,14H2,1H3. The summed E-state index contributed by atoms with van der Waals surface area (Å²) in [5.41, 5.74) is 1.76. The van der Waals surface area contributed by atoms with Crippen molar-refractivity contribution in [3.05, 3.63) is 83.9 Å². The molecule has 0 saturated carbocycles. The van der Waals surface area contributed by atoms with Crippen LogP contribution in [-0.4, -0.2) is 13.6 Å². The van der Waals surface area contributed by atoms with Gasteiger partial charge in [0.1, 0.15) is 6.17 Å². The zero-order valence-electron chi connectivity index (χ0n) is 12.7. The normalized spacial score (nSPS) is 13.9. The molecule has 0 bridgehead atoms. The predicted octanol–water partition coefficient (Wildman–Crippen LogP) is 4.85. The Kier molecular flexibility index (Phi) is 4.50. The summed E-state index contributed by atoms with van der Waals surface area (Å²) in [7, 11) is 1.87. The van der Waals surface area contributed by atoms with Crippen LogP contribution in [0.4, 0.5) is 4.39 Å². The molecule has 0 saturated heterocycles. The molecule has 2 unspecified atom stereocenters. The molecule has 0 radical (unpaired) electrons. The highest BCUT2D eigenvalue weighted by Crippen LogP contribution is 2.35. The van der Waals surface area contributed by atoms with Gasteiger partial charge in [0.25, 0.3) is 0 Å². The molecule has 3 aromatic carbocycles. The van der Waals surface area contributed by atoms with E-state index in [0.717, 1.165) is 16.5 Å². The molecule has 1 nitrogen and oxygen atoms in total. The predicted molar refractivity (Wildman–Crippen MR) is 90.9 cm³/mol. The van der Waals surface area contributed by atoms with E-state index in [-0.39, 0.29) is 5.92 Å². The van der Waals surface area contributed by atoms with Gasteiger partial charge in [-0.2, -0.15) is 0 Å². The van der Waals surface area contributed by atoms with E-state index in [1.54, 1.807) is 0 Å². The molecular weight excluding hydrogens is 273 g/mol. The van der Waals surface area contributed by atoms with E-state index in [0.29, 0.717) is 6.54 Å². The van der Waals surface area contributed by atoms with Crippen LogP contribution >= 0.6 is 0 Å². The molecular formula is C20H20FN. The van der Waals surface area contributed by atoms with Crippen molar-refractivity contribution >= 4 is 10.8 Å². The van der Waals surface area contributed by atoms with Crippen molar-refractivity contribution in [2.24, 2.45) is 0 Å². The van der Waals surface area contributed by atoms with Gasteiger partial charge in [0.05, 0.1) is 0 Å². The van der Waals surface area contributed by atoms with Crippen LogP contribution in [0.3, 0.4) is 0 Å². The highest BCUT2D eigenvalue weighted by molar-refractivity contribution is 5.83. The highest BCUT2D eigenvalue weighted by atomic mass is 19.1. The van der Waals surface area contributed by atoms with Crippen molar-refractivity contribution in [1.29, 1.82) is 0 Å². The maximum absolute atomic E-state index is 15.0. The fraction of sp³-hybridized carbons (Fsp3) is 0.200. The van der Waals surface area contributed by atoms with Crippen LogP contribution in [0.2, 0.25) is 0 Å². The molecule has 2 atom stereocenters. The van der Waals surface area contributed by atoms with Crippen molar-refractivity contribution in [2.75, 3.05) is 13.6 Å². The van der Waals surface area contributed by atoms with E-state index in [9.17, 15) is 0 Å².